The van der Waals surface area contributed by atoms with Crippen molar-refractivity contribution in [2.45, 2.75) is 19.1 Å². The molecule has 94 valence electrons. The minimum atomic E-state index is 0.0966. The van der Waals surface area contributed by atoms with Gasteiger partial charge in [0.15, 0.2) is 0 Å². The molecule has 17 heavy (non-hydrogen) atoms. The minimum absolute atomic E-state index is 0.0966. The Morgan fingerprint density at radius 3 is 2.47 bits per heavy atom. The van der Waals surface area contributed by atoms with Gasteiger partial charge in [-0.05, 0) is 12.5 Å². The Hall–Kier alpha value is -0.470. The first-order chi connectivity index (χ1) is 8.33. The summed E-state index contributed by atoms with van der Waals surface area (Å²) in [7, 11) is 2.40. The third kappa shape index (κ3) is 3.26. The molecule has 0 bridgehead atoms. The zero-order chi connectivity index (χ0) is 12.1. The van der Waals surface area contributed by atoms with Gasteiger partial charge in [0, 0.05) is 28.6 Å². The number of rotatable bonds is 4. The molecule has 0 spiro atoms. The first-order valence-electron chi connectivity index (χ1n) is 6.05. The van der Waals surface area contributed by atoms with E-state index < -0.39 is 0 Å². The Bertz CT molecular complexity index is 327. The Balaban J connectivity index is 2.07. The number of nitrogens with zero attached hydrogens (tertiary/aromatic N) is 1. The number of ether oxygens (including phenoxy) is 1. The predicted octanol–water partition coefficient (Wildman–Crippen LogP) is 2.26. The molecule has 0 saturated carbocycles. The molecule has 1 aromatic rings. The van der Waals surface area contributed by atoms with Gasteiger partial charge in [0.25, 0.3) is 0 Å². The summed E-state index contributed by atoms with van der Waals surface area (Å²) in [5.41, 5.74) is 1.22. The lowest BCUT2D eigenvalue weighted by Gasteiger charge is -2.36. The van der Waals surface area contributed by atoms with E-state index in [9.17, 15) is 0 Å². The van der Waals surface area contributed by atoms with E-state index in [4.69, 9.17) is 9.26 Å². The number of hydrogen-bond donors (Lipinski definition) is 0. The number of hydrogen-bond acceptors (Lipinski definition) is 3. The standard InChI is InChI=1S/C13H20NO2P/c1-11(14-7-9-15-10-8-14)13(16-17)12-5-3-2-4-6-12/h2-6,11,13H,7-10,17H2,1H3/t11-,13-/m1/s1. The maximum absolute atomic E-state index is 5.59. The molecule has 1 heterocycles. The SMILES string of the molecule is C[C@H]([C@@H](OP)c1ccccc1)N1CCOCC1. The Labute approximate surface area is 105 Å². The van der Waals surface area contributed by atoms with Crippen LogP contribution in [0.25, 0.3) is 0 Å². The molecule has 2 rings (SSSR count). The molecule has 1 aliphatic heterocycles. The van der Waals surface area contributed by atoms with Crippen LogP contribution in [0.1, 0.15) is 18.6 Å². The third-order valence-electron chi connectivity index (χ3n) is 3.33. The summed E-state index contributed by atoms with van der Waals surface area (Å²) in [5.74, 6) is 0. The van der Waals surface area contributed by atoms with Crippen molar-refractivity contribution in [2.24, 2.45) is 0 Å². The molecule has 3 atom stereocenters. The lowest BCUT2D eigenvalue weighted by atomic mass is 10.0. The molecular weight excluding hydrogens is 233 g/mol. The Morgan fingerprint density at radius 2 is 1.88 bits per heavy atom. The predicted molar refractivity (Wildman–Crippen MR) is 71.8 cm³/mol. The molecular formula is C13H20NO2P. The van der Waals surface area contributed by atoms with Crippen LogP contribution in [0, 0.1) is 0 Å². The van der Waals surface area contributed by atoms with Crippen molar-refractivity contribution in [3.05, 3.63) is 35.9 Å². The zero-order valence-electron chi connectivity index (χ0n) is 10.2. The number of benzene rings is 1. The summed E-state index contributed by atoms with van der Waals surface area (Å²) in [4.78, 5) is 2.42. The molecule has 0 amide bonds. The van der Waals surface area contributed by atoms with E-state index in [1.807, 2.05) is 6.07 Å². The van der Waals surface area contributed by atoms with E-state index in [1.54, 1.807) is 0 Å². The molecule has 3 nitrogen and oxygen atoms in total. The van der Waals surface area contributed by atoms with Crippen molar-refractivity contribution in [3.8, 4) is 0 Å². The van der Waals surface area contributed by atoms with Gasteiger partial charge in [0.05, 0.1) is 13.2 Å². The fraction of sp³-hybridized carbons (Fsp3) is 0.538. The van der Waals surface area contributed by atoms with Crippen LogP contribution in [0.2, 0.25) is 0 Å². The van der Waals surface area contributed by atoms with Crippen LogP contribution in [0.15, 0.2) is 30.3 Å². The van der Waals surface area contributed by atoms with Crippen LogP contribution >= 0.6 is 9.47 Å². The van der Waals surface area contributed by atoms with Gasteiger partial charge >= 0.3 is 0 Å². The highest BCUT2D eigenvalue weighted by Crippen LogP contribution is 2.27. The molecule has 1 aromatic carbocycles. The first-order valence-corrected chi connectivity index (χ1v) is 6.52. The maximum Gasteiger partial charge on any atom is 0.101 e. The highest BCUT2D eigenvalue weighted by Gasteiger charge is 2.26. The van der Waals surface area contributed by atoms with Gasteiger partial charge in [0.1, 0.15) is 6.10 Å². The Kier molecular flexibility index (Phi) is 4.93. The molecule has 0 N–H and O–H groups in total. The van der Waals surface area contributed by atoms with E-state index in [1.165, 1.54) is 5.56 Å². The van der Waals surface area contributed by atoms with Crippen LogP contribution in [0.4, 0.5) is 0 Å². The average molecular weight is 253 g/mol. The fourth-order valence-corrected chi connectivity index (χ4v) is 2.67. The van der Waals surface area contributed by atoms with Crippen molar-refractivity contribution < 1.29 is 9.26 Å². The summed E-state index contributed by atoms with van der Waals surface area (Å²) in [5, 5.41) is 0. The molecule has 1 fully saturated rings. The Morgan fingerprint density at radius 1 is 1.24 bits per heavy atom. The lowest BCUT2D eigenvalue weighted by molar-refractivity contribution is -0.00656. The topological polar surface area (TPSA) is 21.7 Å². The van der Waals surface area contributed by atoms with Crippen molar-refractivity contribution in [1.29, 1.82) is 0 Å². The van der Waals surface area contributed by atoms with E-state index in [0.717, 1.165) is 26.3 Å². The van der Waals surface area contributed by atoms with Gasteiger partial charge in [-0.1, -0.05) is 30.3 Å². The van der Waals surface area contributed by atoms with Crippen LogP contribution in [0.3, 0.4) is 0 Å². The van der Waals surface area contributed by atoms with Gasteiger partial charge in [-0.25, -0.2) is 0 Å². The van der Waals surface area contributed by atoms with Gasteiger partial charge < -0.3 is 9.26 Å². The summed E-state index contributed by atoms with van der Waals surface area (Å²) < 4.78 is 11.0. The van der Waals surface area contributed by atoms with Gasteiger partial charge in [-0.15, -0.1) is 0 Å². The van der Waals surface area contributed by atoms with Gasteiger partial charge in [-0.3, -0.25) is 4.90 Å². The normalized spacial score (nSPS) is 21.1. The van der Waals surface area contributed by atoms with Gasteiger partial charge in [-0.2, -0.15) is 0 Å². The van der Waals surface area contributed by atoms with Crippen molar-refractivity contribution in [1.82, 2.24) is 4.90 Å². The molecule has 0 radical (unpaired) electrons. The highest BCUT2D eigenvalue weighted by molar-refractivity contribution is 7.09. The fourth-order valence-electron chi connectivity index (χ4n) is 2.29. The molecule has 1 saturated heterocycles. The second-order valence-corrected chi connectivity index (χ2v) is 4.63. The molecule has 1 unspecified atom stereocenters. The van der Waals surface area contributed by atoms with Crippen LogP contribution < -0.4 is 0 Å². The second-order valence-electron chi connectivity index (χ2n) is 4.36. The summed E-state index contributed by atoms with van der Waals surface area (Å²) in [6.45, 7) is 5.83. The molecule has 0 aliphatic carbocycles. The largest absolute Gasteiger partial charge is 0.379 e. The zero-order valence-corrected chi connectivity index (χ0v) is 11.4. The second kappa shape index (κ2) is 6.46. The van der Waals surface area contributed by atoms with Crippen LogP contribution in [0.5, 0.6) is 0 Å². The first kappa shape index (κ1) is 13.0. The van der Waals surface area contributed by atoms with Crippen molar-refractivity contribution in [2.75, 3.05) is 26.3 Å². The van der Waals surface area contributed by atoms with E-state index in [-0.39, 0.29) is 6.10 Å². The molecule has 1 aliphatic rings. The summed E-state index contributed by atoms with van der Waals surface area (Å²) in [6, 6.07) is 10.7. The van der Waals surface area contributed by atoms with Crippen LogP contribution in [-0.2, 0) is 9.26 Å². The quantitative estimate of drug-likeness (QED) is 0.768. The monoisotopic (exact) mass is 253 g/mol. The maximum atomic E-state index is 5.59. The van der Waals surface area contributed by atoms with E-state index in [0.29, 0.717) is 6.04 Å². The smallest absolute Gasteiger partial charge is 0.101 e. The summed E-state index contributed by atoms with van der Waals surface area (Å²) >= 11 is 0. The molecule has 0 aromatic heterocycles. The van der Waals surface area contributed by atoms with Crippen molar-refractivity contribution >= 4 is 9.47 Å². The average Bonchev–Trinajstić information content (AvgIpc) is 2.42. The highest BCUT2D eigenvalue weighted by atomic mass is 31.0. The van der Waals surface area contributed by atoms with E-state index >= 15 is 0 Å². The number of morpholine rings is 1. The minimum Gasteiger partial charge on any atom is -0.379 e. The van der Waals surface area contributed by atoms with Crippen molar-refractivity contribution in [3.63, 3.8) is 0 Å². The summed E-state index contributed by atoms with van der Waals surface area (Å²) in [6.07, 6.45) is 0.0966. The lowest BCUT2D eigenvalue weighted by Crippen LogP contribution is -2.44. The molecule has 4 heteroatoms. The van der Waals surface area contributed by atoms with Crippen LogP contribution in [-0.4, -0.2) is 37.2 Å². The van der Waals surface area contributed by atoms with E-state index in [2.05, 4.69) is 45.6 Å². The van der Waals surface area contributed by atoms with Gasteiger partial charge in [0.2, 0.25) is 0 Å². The third-order valence-corrected chi connectivity index (χ3v) is 3.63.